The predicted octanol–water partition coefficient (Wildman–Crippen LogP) is 3.50. The van der Waals surface area contributed by atoms with E-state index < -0.39 is 0 Å². The van der Waals surface area contributed by atoms with Gasteiger partial charge in [-0.3, -0.25) is 9.78 Å². The molecule has 0 saturated carbocycles. The quantitative estimate of drug-likeness (QED) is 0.568. The maximum Gasteiger partial charge on any atom is 0.226 e. The first-order valence-corrected chi connectivity index (χ1v) is 9.16. The van der Waals surface area contributed by atoms with Gasteiger partial charge >= 0.3 is 0 Å². The number of amides is 1. The Labute approximate surface area is 154 Å². The Bertz CT molecular complexity index is 1010. The number of thiazole rings is 1. The molecule has 3 aromatic heterocycles. The summed E-state index contributed by atoms with van der Waals surface area (Å²) in [6, 6.07) is 11.4. The number of H-pyrrole nitrogens is 1. The van der Waals surface area contributed by atoms with E-state index in [-0.39, 0.29) is 18.4 Å². The van der Waals surface area contributed by atoms with Gasteiger partial charge in [-0.1, -0.05) is 12.1 Å². The highest BCUT2D eigenvalue weighted by Crippen LogP contribution is 2.23. The molecule has 6 nitrogen and oxygen atoms in total. The standard InChI is InChI=1S/C19H17N5OS/c1-12(18-23-15-6-2-3-7-16(15)24-18)21-17(25)9-14-11-26-19(22-14)13-5-4-8-20-10-13/h2-8,10-12H,9H2,1H3,(H,21,25)(H,23,24). The van der Waals surface area contributed by atoms with E-state index in [1.54, 1.807) is 12.4 Å². The van der Waals surface area contributed by atoms with Crippen molar-refractivity contribution in [2.45, 2.75) is 19.4 Å². The topological polar surface area (TPSA) is 83.6 Å². The molecule has 0 spiro atoms. The van der Waals surface area contributed by atoms with Crippen LogP contribution in [-0.2, 0) is 11.2 Å². The average Bonchev–Trinajstić information content (AvgIpc) is 3.29. The van der Waals surface area contributed by atoms with E-state index in [9.17, 15) is 4.79 Å². The molecule has 4 rings (SSSR count). The summed E-state index contributed by atoms with van der Waals surface area (Å²) in [6.07, 6.45) is 3.73. The lowest BCUT2D eigenvalue weighted by molar-refractivity contribution is -0.121. The molecule has 0 bridgehead atoms. The number of imidazole rings is 1. The lowest BCUT2D eigenvalue weighted by Crippen LogP contribution is -2.28. The monoisotopic (exact) mass is 363 g/mol. The fourth-order valence-electron chi connectivity index (χ4n) is 2.71. The first-order chi connectivity index (χ1) is 12.7. The van der Waals surface area contributed by atoms with Gasteiger partial charge in [-0.05, 0) is 31.2 Å². The number of carbonyl (C=O) groups excluding carboxylic acids is 1. The minimum absolute atomic E-state index is 0.0824. The van der Waals surface area contributed by atoms with Crippen molar-refractivity contribution < 1.29 is 4.79 Å². The summed E-state index contributed by atoms with van der Waals surface area (Å²) < 4.78 is 0. The number of aromatic nitrogens is 4. The minimum atomic E-state index is -0.202. The van der Waals surface area contributed by atoms with Gasteiger partial charge in [0.1, 0.15) is 10.8 Å². The summed E-state index contributed by atoms with van der Waals surface area (Å²) in [6.45, 7) is 1.91. The molecule has 3 heterocycles. The van der Waals surface area contributed by atoms with Crippen LogP contribution in [0.4, 0.5) is 0 Å². The Morgan fingerprint density at radius 1 is 1.23 bits per heavy atom. The molecule has 1 unspecified atom stereocenters. The number of rotatable bonds is 5. The van der Waals surface area contributed by atoms with Gasteiger partial charge in [0, 0.05) is 23.3 Å². The number of hydrogen-bond donors (Lipinski definition) is 2. The molecule has 1 amide bonds. The third-order valence-electron chi connectivity index (χ3n) is 4.00. The van der Waals surface area contributed by atoms with Crippen molar-refractivity contribution in [3.63, 3.8) is 0 Å². The number of hydrogen-bond acceptors (Lipinski definition) is 5. The molecular formula is C19H17N5OS. The van der Waals surface area contributed by atoms with Crippen molar-refractivity contribution in [1.82, 2.24) is 25.3 Å². The van der Waals surface area contributed by atoms with Crippen LogP contribution in [-0.4, -0.2) is 25.8 Å². The van der Waals surface area contributed by atoms with Crippen molar-refractivity contribution in [3.8, 4) is 10.6 Å². The van der Waals surface area contributed by atoms with Gasteiger partial charge in [0.25, 0.3) is 0 Å². The summed E-state index contributed by atoms with van der Waals surface area (Å²) in [5, 5.41) is 5.75. The van der Waals surface area contributed by atoms with Crippen molar-refractivity contribution in [2.24, 2.45) is 0 Å². The summed E-state index contributed by atoms with van der Waals surface area (Å²) in [5.74, 6) is 0.662. The highest BCUT2D eigenvalue weighted by molar-refractivity contribution is 7.13. The van der Waals surface area contributed by atoms with Gasteiger partial charge in [0.2, 0.25) is 5.91 Å². The summed E-state index contributed by atoms with van der Waals surface area (Å²) >= 11 is 1.51. The minimum Gasteiger partial charge on any atom is -0.346 e. The molecule has 0 aliphatic heterocycles. The van der Waals surface area contributed by atoms with E-state index in [0.717, 1.165) is 33.1 Å². The SMILES string of the molecule is CC(NC(=O)Cc1csc(-c2cccnc2)n1)c1nc2ccccc2[nH]1. The molecule has 1 aromatic carbocycles. The number of benzene rings is 1. The molecule has 4 aromatic rings. The lowest BCUT2D eigenvalue weighted by atomic mass is 10.2. The second kappa shape index (κ2) is 7.05. The largest absolute Gasteiger partial charge is 0.346 e. The molecule has 1 atom stereocenters. The van der Waals surface area contributed by atoms with E-state index >= 15 is 0 Å². The first kappa shape index (κ1) is 16.4. The number of nitrogens with one attached hydrogen (secondary N) is 2. The van der Waals surface area contributed by atoms with Crippen LogP contribution in [0.25, 0.3) is 21.6 Å². The van der Waals surface area contributed by atoms with Crippen molar-refractivity contribution in [2.75, 3.05) is 0 Å². The highest BCUT2D eigenvalue weighted by Gasteiger charge is 2.15. The molecule has 130 valence electrons. The van der Waals surface area contributed by atoms with Gasteiger partial charge in [-0.15, -0.1) is 11.3 Å². The van der Waals surface area contributed by atoms with Crippen molar-refractivity contribution >= 4 is 28.3 Å². The Morgan fingerprint density at radius 3 is 2.92 bits per heavy atom. The van der Waals surface area contributed by atoms with Gasteiger partial charge in [0.15, 0.2) is 0 Å². The van der Waals surface area contributed by atoms with Crippen LogP contribution in [0.2, 0.25) is 0 Å². The van der Waals surface area contributed by atoms with Crippen LogP contribution >= 0.6 is 11.3 Å². The molecule has 0 saturated heterocycles. The number of nitrogens with zero attached hydrogens (tertiary/aromatic N) is 3. The van der Waals surface area contributed by atoms with Crippen LogP contribution in [0.5, 0.6) is 0 Å². The zero-order chi connectivity index (χ0) is 17.9. The second-order valence-corrected chi connectivity index (χ2v) is 6.85. The zero-order valence-electron chi connectivity index (χ0n) is 14.1. The third kappa shape index (κ3) is 3.48. The normalized spacial score (nSPS) is 12.2. The van der Waals surface area contributed by atoms with E-state index in [2.05, 4.69) is 25.3 Å². The van der Waals surface area contributed by atoms with Crippen molar-refractivity contribution in [3.05, 3.63) is 65.7 Å². The number of pyridine rings is 1. The van der Waals surface area contributed by atoms with E-state index in [0.29, 0.717) is 0 Å². The van der Waals surface area contributed by atoms with Gasteiger partial charge in [-0.25, -0.2) is 9.97 Å². The van der Waals surface area contributed by atoms with Crippen LogP contribution in [0.3, 0.4) is 0 Å². The molecule has 0 radical (unpaired) electrons. The molecule has 26 heavy (non-hydrogen) atoms. The molecule has 2 N–H and O–H groups in total. The number of fused-ring (bicyclic) bond motifs is 1. The fraction of sp³-hybridized carbons (Fsp3) is 0.158. The van der Waals surface area contributed by atoms with E-state index in [1.807, 2.05) is 48.7 Å². The third-order valence-corrected chi connectivity index (χ3v) is 4.94. The fourth-order valence-corrected chi connectivity index (χ4v) is 3.52. The number of carbonyl (C=O) groups is 1. The second-order valence-electron chi connectivity index (χ2n) is 5.99. The summed E-state index contributed by atoms with van der Waals surface area (Å²) in [7, 11) is 0. The maximum atomic E-state index is 12.4. The smallest absolute Gasteiger partial charge is 0.226 e. The number of para-hydroxylation sites is 2. The van der Waals surface area contributed by atoms with Crippen LogP contribution in [0.1, 0.15) is 24.5 Å². The van der Waals surface area contributed by atoms with Gasteiger partial charge in [0.05, 0.1) is 29.2 Å². The Morgan fingerprint density at radius 2 is 2.12 bits per heavy atom. The molecule has 7 heteroatoms. The summed E-state index contributed by atoms with van der Waals surface area (Å²) in [4.78, 5) is 28.8. The zero-order valence-corrected chi connectivity index (χ0v) is 15.0. The average molecular weight is 363 g/mol. The molecule has 0 fully saturated rings. The van der Waals surface area contributed by atoms with Crippen LogP contribution < -0.4 is 5.32 Å². The molecule has 0 aliphatic rings. The Kier molecular flexibility index (Phi) is 4.45. The molecule has 0 aliphatic carbocycles. The Hall–Kier alpha value is -3.06. The number of aromatic amines is 1. The lowest BCUT2D eigenvalue weighted by Gasteiger charge is -2.10. The van der Waals surface area contributed by atoms with Gasteiger partial charge in [-0.2, -0.15) is 0 Å². The Balaban J connectivity index is 1.41. The van der Waals surface area contributed by atoms with Crippen molar-refractivity contribution in [1.29, 1.82) is 0 Å². The first-order valence-electron chi connectivity index (χ1n) is 8.28. The van der Waals surface area contributed by atoms with E-state index in [1.165, 1.54) is 11.3 Å². The van der Waals surface area contributed by atoms with E-state index in [4.69, 9.17) is 0 Å². The van der Waals surface area contributed by atoms with Crippen LogP contribution in [0, 0.1) is 0 Å². The predicted molar refractivity (Wildman–Crippen MR) is 102 cm³/mol. The summed E-state index contributed by atoms with van der Waals surface area (Å²) in [5.41, 5.74) is 3.57. The molecular weight excluding hydrogens is 346 g/mol. The van der Waals surface area contributed by atoms with Gasteiger partial charge < -0.3 is 10.3 Å². The highest BCUT2D eigenvalue weighted by atomic mass is 32.1. The van der Waals surface area contributed by atoms with Crippen LogP contribution in [0.15, 0.2) is 54.2 Å². The maximum absolute atomic E-state index is 12.4.